The van der Waals surface area contributed by atoms with E-state index in [0.717, 1.165) is 19.4 Å². The highest BCUT2D eigenvalue weighted by atomic mass is 15.2. The Bertz CT molecular complexity index is 707. The maximum atomic E-state index is 2.60. The van der Waals surface area contributed by atoms with Gasteiger partial charge < -0.3 is 0 Å². The van der Waals surface area contributed by atoms with E-state index < -0.39 is 0 Å². The molecule has 23 heavy (non-hydrogen) atoms. The second-order valence-electron chi connectivity index (χ2n) is 6.77. The van der Waals surface area contributed by atoms with Gasteiger partial charge in [0.25, 0.3) is 0 Å². The zero-order valence-corrected chi connectivity index (χ0v) is 14.2. The van der Waals surface area contributed by atoms with Crippen LogP contribution in [0.15, 0.2) is 54.1 Å². The first-order chi connectivity index (χ1) is 11.3. The first-order valence-corrected chi connectivity index (χ1v) is 8.93. The molecule has 1 aliphatic heterocycles. The first kappa shape index (κ1) is 14.7. The van der Waals surface area contributed by atoms with Crippen LogP contribution in [0.3, 0.4) is 0 Å². The average molecular weight is 303 g/mol. The van der Waals surface area contributed by atoms with Crippen molar-refractivity contribution in [3.8, 4) is 0 Å². The summed E-state index contributed by atoms with van der Waals surface area (Å²) in [5.74, 6) is 0. The molecule has 1 nitrogen and oxygen atoms in total. The monoisotopic (exact) mass is 303 g/mol. The number of nitrogens with zero attached hydrogens (tertiary/aromatic N) is 1. The molecule has 1 heterocycles. The lowest BCUT2D eigenvalue weighted by Crippen LogP contribution is -2.27. The van der Waals surface area contributed by atoms with Crippen molar-refractivity contribution in [2.75, 3.05) is 13.1 Å². The number of hydrogen-bond acceptors (Lipinski definition) is 1. The summed E-state index contributed by atoms with van der Waals surface area (Å²) in [6.45, 7) is 7.00. The molecular weight excluding hydrogens is 278 g/mol. The highest BCUT2D eigenvalue weighted by molar-refractivity contribution is 5.86. The Morgan fingerprint density at radius 1 is 0.870 bits per heavy atom. The molecular formula is C22H25N. The first-order valence-electron chi connectivity index (χ1n) is 8.93. The molecule has 1 unspecified atom stereocenters. The standard InChI is InChI=1S/C22H25N/c1-3-23-15-14-19(16(23)2)22-20-10-6-4-8-17(20)12-13-18-9-5-7-11-21(18)22/h4-11,16H,3,12-15H2,1-2H3. The number of likely N-dealkylation sites (tertiary alicyclic amines) is 1. The normalized spacial score (nSPS) is 21.0. The van der Waals surface area contributed by atoms with Gasteiger partial charge in [-0.3, -0.25) is 4.90 Å². The van der Waals surface area contributed by atoms with Gasteiger partial charge in [0.2, 0.25) is 0 Å². The number of likely N-dealkylation sites (N-methyl/N-ethyl adjacent to an activating group) is 1. The van der Waals surface area contributed by atoms with Gasteiger partial charge in [0, 0.05) is 12.6 Å². The highest BCUT2D eigenvalue weighted by Crippen LogP contribution is 2.40. The van der Waals surface area contributed by atoms with Crippen LogP contribution < -0.4 is 0 Å². The Morgan fingerprint density at radius 3 is 1.96 bits per heavy atom. The van der Waals surface area contributed by atoms with Crippen molar-refractivity contribution in [2.24, 2.45) is 0 Å². The van der Waals surface area contributed by atoms with Gasteiger partial charge in [0.05, 0.1) is 0 Å². The predicted molar refractivity (Wildman–Crippen MR) is 97.6 cm³/mol. The Kier molecular flexibility index (Phi) is 3.82. The predicted octanol–water partition coefficient (Wildman–Crippen LogP) is 4.70. The lowest BCUT2D eigenvalue weighted by Gasteiger charge is -2.22. The maximum absolute atomic E-state index is 2.60. The molecule has 0 radical (unpaired) electrons. The molecule has 2 aromatic rings. The van der Waals surface area contributed by atoms with Crippen molar-refractivity contribution >= 4 is 5.57 Å². The van der Waals surface area contributed by atoms with Crippen molar-refractivity contribution in [2.45, 2.75) is 39.2 Å². The third kappa shape index (κ3) is 2.44. The van der Waals surface area contributed by atoms with Crippen LogP contribution in [0.1, 0.15) is 42.5 Å². The van der Waals surface area contributed by atoms with Crippen molar-refractivity contribution in [1.82, 2.24) is 4.90 Å². The molecule has 1 fully saturated rings. The van der Waals surface area contributed by atoms with E-state index in [1.54, 1.807) is 5.57 Å². The summed E-state index contributed by atoms with van der Waals surface area (Å²) in [7, 11) is 0. The number of hydrogen-bond donors (Lipinski definition) is 0. The molecule has 0 saturated carbocycles. The SMILES string of the molecule is CCN1CCC(=C2c3ccccc3CCc3ccccc32)C1C. The second-order valence-corrected chi connectivity index (χ2v) is 6.77. The number of rotatable bonds is 1. The molecule has 2 aromatic carbocycles. The van der Waals surface area contributed by atoms with Gasteiger partial charge in [-0.2, -0.15) is 0 Å². The Hall–Kier alpha value is -1.86. The molecule has 4 rings (SSSR count). The largest absolute Gasteiger partial charge is 0.297 e. The molecule has 0 N–H and O–H groups in total. The minimum absolute atomic E-state index is 0.550. The van der Waals surface area contributed by atoms with Gasteiger partial charge >= 0.3 is 0 Å². The Balaban J connectivity index is 1.98. The molecule has 2 aliphatic rings. The smallest absolute Gasteiger partial charge is 0.0289 e. The van der Waals surface area contributed by atoms with E-state index in [1.165, 1.54) is 40.8 Å². The summed E-state index contributed by atoms with van der Waals surface area (Å²) in [6.07, 6.45) is 3.50. The summed E-state index contributed by atoms with van der Waals surface area (Å²) >= 11 is 0. The summed E-state index contributed by atoms with van der Waals surface area (Å²) in [4.78, 5) is 2.60. The summed E-state index contributed by atoms with van der Waals surface area (Å²) in [5, 5.41) is 0. The van der Waals surface area contributed by atoms with Gasteiger partial charge in [-0.25, -0.2) is 0 Å². The van der Waals surface area contributed by atoms with Crippen LogP contribution in [-0.2, 0) is 12.8 Å². The third-order valence-corrected chi connectivity index (χ3v) is 5.68. The molecule has 0 spiro atoms. The fraction of sp³-hybridized carbons (Fsp3) is 0.364. The van der Waals surface area contributed by atoms with Crippen molar-refractivity contribution in [3.63, 3.8) is 0 Å². The van der Waals surface area contributed by atoms with Gasteiger partial charge in [-0.05, 0) is 66.1 Å². The molecule has 1 atom stereocenters. The van der Waals surface area contributed by atoms with E-state index in [0.29, 0.717) is 6.04 Å². The van der Waals surface area contributed by atoms with Crippen LogP contribution in [0.5, 0.6) is 0 Å². The summed E-state index contributed by atoms with van der Waals surface area (Å²) in [5.41, 5.74) is 9.11. The molecule has 1 aliphatic carbocycles. The van der Waals surface area contributed by atoms with Crippen LogP contribution in [0.2, 0.25) is 0 Å². The molecule has 118 valence electrons. The van der Waals surface area contributed by atoms with Gasteiger partial charge in [-0.1, -0.05) is 55.5 Å². The minimum Gasteiger partial charge on any atom is -0.297 e. The summed E-state index contributed by atoms with van der Waals surface area (Å²) in [6, 6.07) is 18.6. The summed E-state index contributed by atoms with van der Waals surface area (Å²) < 4.78 is 0. The Labute approximate surface area is 139 Å². The zero-order chi connectivity index (χ0) is 15.8. The van der Waals surface area contributed by atoms with Crippen LogP contribution in [0.25, 0.3) is 5.57 Å². The van der Waals surface area contributed by atoms with Crippen LogP contribution in [-0.4, -0.2) is 24.0 Å². The zero-order valence-electron chi connectivity index (χ0n) is 14.2. The van der Waals surface area contributed by atoms with E-state index in [-0.39, 0.29) is 0 Å². The van der Waals surface area contributed by atoms with E-state index in [2.05, 4.69) is 67.3 Å². The average Bonchev–Trinajstić information content (AvgIpc) is 2.87. The van der Waals surface area contributed by atoms with E-state index in [1.807, 2.05) is 0 Å². The van der Waals surface area contributed by atoms with Gasteiger partial charge in [0.1, 0.15) is 0 Å². The number of aryl methyl sites for hydroxylation is 2. The van der Waals surface area contributed by atoms with Crippen LogP contribution in [0, 0.1) is 0 Å². The van der Waals surface area contributed by atoms with Crippen LogP contribution in [0.4, 0.5) is 0 Å². The Morgan fingerprint density at radius 2 is 1.43 bits per heavy atom. The fourth-order valence-corrected chi connectivity index (χ4v) is 4.38. The van der Waals surface area contributed by atoms with Crippen molar-refractivity contribution in [1.29, 1.82) is 0 Å². The molecule has 1 saturated heterocycles. The van der Waals surface area contributed by atoms with E-state index >= 15 is 0 Å². The van der Waals surface area contributed by atoms with E-state index in [4.69, 9.17) is 0 Å². The topological polar surface area (TPSA) is 3.24 Å². The number of fused-ring (bicyclic) bond motifs is 2. The molecule has 0 amide bonds. The van der Waals surface area contributed by atoms with Crippen molar-refractivity contribution in [3.05, 3.63) is 76.4 Å². The third-order valence-electron chi connectivity index (χ3n) is 5.68. The van der Waals surface area contributed by atoms with E-state index in [9.17, 15) is 0 Å². The molecule has 0 aromatic heterocycles. The van der Waals surface area contributed by atoms with Crippen molar-refractivity contribution < 1.29 is 0 Å². The van der Waals surface area contributed by atoms with Gasteiger partial charge in [0.15, 0.2) is 0 Å². The quantitative estimate of drug-likeness (QED) is 0.738. The van der Waals surface area contributed by atoms with Crippen LogP contribution >= 0.6 is 0 Å². The fourth-order valence-electron chi connectivity index (χ4n) is 4.38. The highest BCUT2D eigenvalue weighted by Gasteiger charge is 2.29. The second kappa shape index (κ2) is 5.98. The molecule has 0 bridgehead atoms. The lowest BCUT2D eigenvalue weighted by atomic mass is 9.87. The minimum atomic E-state index is 0.550. The maximum Gasteiger partial charge on any atom is 0.0289 e. The van der Waals surface area contributed by atoms with Gasteiger partial charge in [-0.15, -0.1) is 0 Å². The lowest BCUT2D eigenvalue weighted by molar-refractivity contribution is 0.298. The molecule has 1 heteroatoms. The number of benzene rings is 2.